The molecule has 1 N–H and O–H groups in total. The number of carbonyl (C=O) groups is 2. The second-order valence-corrected chi connectivity index (χ2v) is 5.93. The lowest BCUT2D eigenvalue weighted by atomic mass is 10.1. The van der Waals surface area contributed by atoms with Gasteiger partial charge in [0.05, 0.1) is 6.61 Å². The van der Waals surface area contributed by atoms with Gasteiger partial charge in [0.2, 0.25) is 5.91 Å². The van der Waals surface area contributed by atoms with E-state index in [0.29, 0.717) is 26.1 Å². The molecular formula is C16H31N3O3. The van der Waals surface area contributed by atoms with Gasteiger partial charge < -0.3 is 19.9 Å². The monoisotopic (exact) mass is 313 g/mol. The number of nitrogens with one attached hydrogen (secondary N) is 1. The number of hydrogen-bond acceptors (Lipinski definition) is 4. The van der Waals surface area contributed by atoms with Crippen LogP contribution in [0.2, 0.25) is 0 Å². The topological polar surface area (TPSA) is 61.9 Å². The first kappa shape index (κ1) is 18.7. The Balaban J connectivity index is 2.17. The second-order valence-electron chi connectivity index (χ2n) is 5.93. The normalized spacial score (nSPS) is 15.9. The van der Waals surface area contributed by atoms with Gasteiger partial charge in [-0.25, -0.2) is 4.79 Å². The van der Waals surface area contributed by atoms with Crippen molar-refractivity contribution >= 4 is 12.0 Å². The van der Waals surface area contributed by atoms with Crippen LogP contribution in [0.25, 0.3) is 0 Å². The Kier molecular flexibility index (Phi) is 8.89. The average molecular weight is 313 g/mol. The van der Waals surface area contributed by atoms with Crippen molar-refractivity contribution in [1.82, 2.24) is 15.1 Å². The molecule has 0 unspecified atom stereocenters. The van der Waals surface area contributed by atoms with Crippen LogP contribution in [0.15, 0.2) is 0 Å². The molecule has 0 bridgehead atoms. The van der Waals surface area contributed by atoms with Crippen LogP contribution in [0.4, 0.5) is 4.79 Å². The maximum atomic E-state index is 12.0. The number of amides is 2. The standard InChI is InChI=1S/C16H31N3O3/c1-4-6-10-18(3)11-9-15(20)17-14-7-12-19(13-8-14)16(21)22-5-2/h14H,4-13H2,1-3H3,(H,17,20). The fourth-order valence-corrected chi connectivity index (χ4v) is 2.55. The van der Waals surface area contributed by atoms with Crippen molar-refractivity contribution in [2.75, 3.05) is 39.8 Å². The molecule has 1 rings (SSSR count). The summed E-state index contributed by atoms with van der Waals surface area (Å²) in [7, 11) is 2.06. The molecule has 0 spiro atoms. The van der Waals surface area contributed by atoms with Gasteiger partial charge in [-0.2, -0.15) is 0 Å². The van der Waals surface area contributed by atoms with E-state index >= 15 is 0 Å². The number of hydrogen-bond donors (Lipinski definition) is 1. The molecule has 6 heteroatoms. The molecule has 0 saturated carbocycles. The zero-order chi connectivity index (χ0) is 16.4. The molecule has 0 aromatic carbocycles. The molecule has 1 aliphatic rings. The van der Waals surface area contributed by atoms with Crippen LogP contribution in [0.1, 0.15) is 46.0 Å². The number of ether oxygens (including phenoxy) is 1. The molecule has 1 saturated heterocycles. The molecule has 2 amide bonds. The Labute approximate surface area is 134 Å². The van der Waals surface area contributed by atoms with Crippen LogP contribution in [0.3, 0.4) is 0 Å². The lowest BCUT2D eigenvalue weighted by molar-refractivity contribution is -0.122. The first-order valence-corrected chi connectivity index (χ1v) is 8.46. The largest absolute Gasteiger partial charge is 0.450 e. The van der Waals surface area contributed by atoms with Crippen LogP contribution in [0.5, 0.6) is 0 Å². The van der Waals surface area contributed by atoms with Crippen molar-refractivity contribution in [3.8, 4) is 0 Å². The van der Waals surface area contributed by atoms with Crippen LogP contribution in [-0.4, -0.2) is 67.7 Å². The van der Waals surface area contributed by atoms with Gasteiger partial charge in [-0.3, -0.25) is 4.79 Å². The fraction of sp³-hybridized carbons (Fsp3) is 0.875. The molecule has 22 heavy (non-hydrogen) atoms. The van der Waals surface area contributed by atoms with E-state index in [4.69, 9.17) is 4.74 Å². The molecule has 1 fully saturated rings. The lowest BCUT2D eigenvalue weighted by Crippen LogP contribution is -2.47. The molecule has 128 valence electrons. The molecule has 0 aromatic heterocycles. The molecule has 1 aliphatic heterocycles. The summed E-state index contributed by atoms with van der Waals surface area (Å²) in [6.07, 6.45) is 4.25. The van der Waals surface area contributed by atoms with Gasteiger partial charge in [0.15, 0.2) is 0 Å². The fourth-order valence-electron chi connectivity index (χ4n) is 2.55. The molecule has 0 radical (unpaired) electrons. The summed E-state index contributed by atoms with van der Waals surface area (Å²) in [5.41, 5.74) is 0. The SMILES string of the molecule is CCCCN(C)CCC(=O)NC1CCN(C(=O)OCC)CC1. The second kappa shape index (κ2) is 10.4. The van der Waals surface area contributed by atoms with Gasteiger partial charge in [-0.1, -0.05) is 13.3 Å². The third-order valence-electron chi connectivity index (χ3n) is 4.00. The van der Waals surface area contributed by atoms with Crippen LogP contribution in [0, 0.1) is 0 Å². The summed E-state index contributed by atoms with van der Waals surface area (Å²) in [5.74, 6) is 0.109. The number of rotatable bonds is 8. The van der Waals surface area contributed by atoms with E-state index in [1.54, 1.807) is 4.90 Å². The summed E-state index contributed by atoms with van der Waals surface area (Å²) >= 11 is 0. The van der Waals surface area contributed by atoms with Crippen molar-refractivity contribution in [1.29, 1.82) is 0 Å². The van der Waals surface area contributed by atoms with Crippen molar-refractivity contribution < 1.29 is 14.3 Å². The number of nitrogens with zero attached hydrogens (tertiary/aromatic N) is 2. The molecule has 0 aliphatic carbocycles. The first-order valence-electron chi connectivity index (χ1n) is 8.46. The smallest absolute Gasteiger partial charge is 0.409 e. The van der Waals surface area contributed by atoms with Crippen LogP contribution in [-0.2, 0) is 9.53 Å². The lowest BCUT2D eigenvalue weighted by Gasteiger charge is -2.31. The molecular weight excluding hydrogens is 282 g/mol. The predicted molar refractivity (Wildman–Crippen MR) is 86.8 cm³/mol. The minimum absolute atomic E-state index is 0.109. The van der Waals surface area contributed by atoms with Gasteiger partial charge >= 0.3 is 6.09 Å². The number of likely N-dealkylation sites (tertiary alicyclic amines) is 1. The Morgan fingerprint density at radius 1 is 1.23 bits per heavy atom. The molecule has 0 atom stereocenters. The number of piperidine rings is 1. The molecule has 6 nitrogen and oxygen atoms in total. The Morgan fingerprint density at radius 3 is 2.50 bits per heavy atom. The molecule has 0 aromatic rings. The van der Waals surface area contributed by atoms with E-state index in [2.05, 4.69) is 24.2 Å². The highest BCUT2D eigenvalue weighted by Crippen LogP contribution is 2.11. The van der Waals surface area contributed by atoms with E-state index in [1.807, 2.05) is 6.92 Å². The number of unbranched alkanes of at least 4 members (excludes halogenated alkanes) is 1. The summed E-state index contributed by atoms with van der Waals surface area (Å²) in [6.45, 7) is 7.53. The van der Waals surface area contributed by atoms with E-state index in [1.165, 1.54) is 12.8 Å². The summed E-state index contributed by atoms with van der Waals surface area (Å²) in [5, 5.41) is 3.08. The minimum atomic E-state index is -0.246. The maximum Gasteiger partial charge on any atom is 0.409 e. The summed E-state index contributed by atoms with van der Waals surface area (Å²) in [4.78, 5) is 27.5. The van der Waals surface area contributed by atoms with Gasteiger partial charge in [0.1, 0.15) is 0 Å². The van der Waals surface area contributed by atoms with E-state index in [9.17, 15) is 9.59 Å². The summed E-state index contributed by atoms with van der Waals surface area (Å²) < 4.78 is 4.99. The van der Waals surface area contributed by atoms with E-state index in [0.717, 1.165) is 25.9 Å². The van der Waals surface area contributed by atoms with Gasteiger partial charge in [-0.15, -0.1) is 0 Å². The van der Waals surface area contributed by atoms with Crippen molar-refractivity contribution in [3.63, 3.8) is 0 Å². The van der Waals surface area contributed by atoms with E-state index < -0.39 is 0 Å². The average Bonchev–Trinajstić information content (AvgIpc) is 2.52. The Bertz CT molecular complexity index is 342. The van der Waals surface area contributed by atoms with Crippen molar-refractivity contribution in [2.24, 2.45) is 0 Å². The number of carbonyl (C=O) groups excluding carboxylic acids is 2. The quantitative estimate of drug-likeness (QED) is 0.743. The predicted octanol–water partition coefficient (Wildman–Crippen LogP) is 1.85. The van der Waals surface area contributed by atoms with Crippen LogP contribution >= 0.6 is 0 Å². The summed E-state index contributed by atoms with van der Waals surface area (Å²) in [6, 6.07) is 0.180. The van der Waals surface area contributed by atoms with Crippen molar-refractivity contribution in [3.05, 3.63) is 0 Å². The zero-order valence-electron chi connectivity index (χ0n) is 14.3. The van der Waals surface area contributed by atoms with E-state index in [-0.39, 0.29) is 18.0 Å². The first-order chi connectivity index (χ1) is 10.6. The minimum Gasteiger partial charge on any atom is -0.450 e. The highest BCUT2D eigenvalue weighted by atomic mass is 16.6. The van der Waals surface area contributed by atoms with Gasteiger partial charge in [0.25, 0.3) is 0 Å². The highest BCUT2D eigenvalue weighted by Gasteiger charge is 2.24. The highest BCUT2D eigenvalue weighted by molar-refractivity contribution is 5.76. The maximum absolute atomic E-state index is 12.0. The third kappa shape index (κ3) is 7.11. The van der Waals surface area contributed by atoms with Gasteiger partial charge in [-0.05, 0) is 39.8 Å². The third-order valence-corrected chi connectivity index (χ3v) is 4.00. The zero-order valence-corrected chi connectivity index (χ0v) is 14.3. The Hall–Kier alpha value is -1.30. The van der Waals surface area contributed by atoms with Crippen LogP contribution < -0.4 is 5.32 Å². The Morgan fingerprint density at radius 2 is 1.91 bits per heavy atom. The van der Waals surface area contributed by atoms with Crippen molar-refractivity contribution in [2.45, 2.75) is 52.0 Å². The molecule has 1 heterocycles. The van der Waals surface area contributed by atoms with Gasteiger partial charge in [0, 0.05) is 32.1 Å².